The molecule has 0 aliphatic carbocycles. The van der Waals surface area contributed by atoms with Crippen molar-refractivity contribution < 1.29 is 9.85 Å². The Morgan fingerprint density at radius 2 is 1.58 bits per heavy atom. The summed E-state index contributed by atoms with van der Waals surface area (Å²) in [4.78, 5) is 39.3. The Bertz CT molecular complexity index is 1430. The van der Waals surface area contributed by atoms with Gasteiger partial charge in [-0.3, -0.25) is 29.6 Å². The average molecular weight is 414 g/mol. The number of benzene rings is 3. The number of hydrogen-bond acceptors (Lipinski definition) is 6. The van der Waals surface area contributed by atoms with Crippen molar-refractivity contribution in [3.8, 4) is 5.69 Å². The second-order valence-electron chi connectivity index (χ2n) is 6.56. The lowest BCUT2D eigenvalue weighted by atomic mass is 10.1. The van der Waals surface area contributed by atoms with Gasteiger partial charge in [0.05, 0.1) is 20.7 Å². The highest BCUT2D eigenvalue weighted by atomic mass is 16.6. The van der Waals surface area contributed by atoms with Crippen LogP contribution in [0.15, 0.2) is 77.6 Å². The van der Waals surface area contributed by atoms with Gasteiger partial charge in [0.15, 0.2) is 0 Å². The van der Waals surface area contributed by atoms with E-state index in [4.69, 9.17) is 0 Å². The molecule has 0 saturated carbocycles. The molecule has 0 fully saturated rings. The average Bonchev–Trinajstić information content (AvgIpc) is 2.78. The first-order chi connectivity index (χ1) is 15.0. The molecule has 0 atom stereocenters. The van der Waals surface area contributed by atoms with Crippen molar-refractivity contribution in [2.45, 2.75) is 0 Å². The van der Waals surface area contributed by atoms with E-state index in [0.29, 0.717) is 16.5 Å². The molecule has 9 heteroatoms. The zero-order valence-corrected chi connectivity index (χ0v) is 15.9. The summed E-state index contributed by atoms with van der Waals surface area (Å²) in [6.45, 7) is 0. The van der Waals surface area contributed by atoms with Crippen molar-refractivity contribution in [3.63, 3.8) is 0 Å². The molecule has 0 saturated heterocycles. The quantitative estimate of drug-likeness (QED) is 0.353. The fourth-order valence-corrected chi connectivity index (χ4v) is 3.21. The monoisotopic (exact) mass is 414 g/mol. The normalized spacial score (nSPS) is 11.1. The van der Waals surface area contributed by atoms with Gasteiger partial charge in [-0.25, -0.2) is 4.98 Å². The molecule has 1 heterocycles. The van der Waals surface area contributed by atoms with E-state index in [9.17, 15) is 25.0 Å². The van der Waals surface area contributed by atoms with Gasteiger partial charge in [0.1, 0.15) is 11.5 Å². The molecule has 0 radical (unpaired) electrons. The summed E-state index contributed by atoms with van der Waals surface area (Å²) in [5.74, 6) is 0.157. The topological polar surface area (TPSA) is 121 Å². The van der Waals surface area contributed by atoms with E-state index in [1.807, 2.05) is 0 Å². The van der Waals surface area contributed by atoms with Crippen LogP contribution in [0.2, 0.25) is 0 Å². The molecule has 152 valence electrons. The molecule has 4 rings (SSSR count). The molecule has 0 amide bonds. The maximum Gasteiger partial charge on any atom is 0.293 e. The zero-order valence-electron chi connectivity index (χ0n) is 15.9. The molecule has 0 spiro atoms. The summed E-state index contributed by atoms with van der Waals surface area (Å²) in [5.41, 5.74) is 0.246. The third kappa shape index (κ3) is 3.79. The lowest BCUT2D eigenvalue weighted by Gasteiger charge is -2.11. The minimum absolute atomic E-state index is 0.0782. The minimum Gasteiger partial charge on any atom is -0.268 e. The van der Waals surface area contributed by atoms with Crippen LogP contribution in [-0.2, 0) is 0 Å². The predicted octanol–water partition coefficient (Wildman–Crippen LogP) is 4.37. The van der Waals surface area contributed by atoms with Gasteiger partial charge in [0.2, 0.25) is 0 Å². The van der Waals surface area contributed by atoms with E-state index in [0.717, 1.165) is 0 Å². The van der Waals surface area contributed by atoms with Crippen molar-refractivity contribution in [3.05, 3.63) is 115 Å². The summed E-state index contributed by atoms with van der Waals surface area (Å²) in [6.07, 6.45) is 3.07. The number of nitro groups is 2. The highest BCUT2D eigenvalue weighted by molar-refractivity contribution is 5.80. The fraction of sp³-hybridized carbons (Fsp3) is 0. The number of rotatable bonds is 5. The molecule has 31 heavy (non-hydrogen) atoms. The van der Waals surface area contributed by atoms with Crippen LogP contribution in [0.4, 0.5) is 11.4 Å². The van der Waals surface area contributed by atoms with Crippen LogP contribution in [0.25, 0.3) is 28.7 Å². The number of nitro benzene ring substituents is 2. The molecule has 0 N–H and O–H groups in total. The third-order valence-corrected chi connectivity index (χ3v) is 4.63. The number of non-ortho nitro benzene ring substituents is 1. The fourth-order valence-electron chi connectivity index (χ4n) is 3.21. The first-order valence-corrected chi connectivity index (χ1v) is 9.14. The summed E-state index contributed by atoms with van der Waals surface area (Å²) >= 11 is 0. The van der Waals surface area contributed by atoms with Gasteiger partial charge in [0.25, 0.3) is 16.9 Å². The molecule has 9 nitrogen and oxygen atoms in total. The maximum atomic E-state index is 13.3. The number of para-hydroxylation sites is 3. The second-order valence-corrected chi connectivity index (χ2v) is 6.56. The van der Waals surface area contributed by atoms with Crippen LogP contribution >= 0.6 is 0 Å². The lowest BCUT2D eigenvalue weighted by molar-refractivity contribution is -0.384. The van der Waals surface area contributed by atoms with E-state index in [2.05, 4.69) is 4.98 Å². The molecule has 0 unspecified atom stereocenters. The van der Waals surface area contributed by atoms with Crippen molar-refractivity contribution in [2.24, 2.45) is 0 Å². The van der Waals surface area contributed by atoms with E-state index < -0.39 is 15.4 Å². The minimum atomic E-state index is -0.564. The summed E-state index contributed by atoms with van der Waals surface area (Å²) < 4.78 is 1.17. The Hall–Kier alpha value is -4.66. The Kier molecular flexibility index (Phi) is 5.07. The largest absolute Gasteiger partial charge is 0.293 e. The predicted molar refractivity (Wildman–Crippen MR) is 116 cm³/mol. The van der Waals surface area contributed by atoms with Crippen molar-refractivity contribution in [2.75, 3.05) is 0 Å². The summed E-state index contributed by atoms with van der Waals surface area (Å²) in [5, 5.41) is 22.9. The van der Waals surface area contributed by atoms with Gasteiger partial charge in [-0.15, -0.1) is 0 Å². The van der Waals surface area contributed by atoms with Gasteiger partial charge in [-0.05, 0) is 29.8 Å². The second kappa shape index (κ2) is 7.99. The smallest absolute Gasteiger partial charge is 0.268 e. The van der Waals surface area contributed by atoms with Gasteiger partial charge in [0, 0.05) is 18.2 Å². The molecule has 1 aromatic heterocycles. The maximum absolute atomic E-state index is 13.3. The van der Waals surface area contributed by atoms with E-state index in [1.54, 1.807) is 48.5 Å². The molecular weight excluding hydrogens is 400 g/mol. The van der Waals surface area contributed by atoms with Crippen molar-refractivity contribution in [1.82, 2.24) is 9.55 Å². The summed E-state index contributed by atoms with van der Waals surface area (Å²) in [6, 6.07) is 18.5. The molecular formula is C22H14N4O5. The van der Waals surface area contributed by atoms with Crippen LogP contribution in [0.5, 0.6) is 0 Å². The zero-order chi connectivity index (χ0) is 22.0. The number of aromatic nitrogens is 2. The van der Waals surface area contributed by atoms with Gasteiger partial charge in [-0.2, -0.15) is 0 Å². The van der Waals surface area contributed by atoms with E-state index in [1.165, 1.54) is 41.0 Å². The number of nitrogens with zero attached hydrogens (tertiary/aromatic N) is 4. The standard InChI is InChI=1S/C22H14N4O5/c27-22-17-8-1-2-9-18(17)23-21(13-12-15-6-5-7-16(14-15)25(28)29)24(22)19-10-3-4-11-20(19)26(30)31/h1-14H. The molecule has 3 aromatic carbocycles. The Morgan fingerprint density at radius 3 is 2.35 bits per heavy atom. The molecule has 4 aromatic rings. The van der Waals surface area contributed by atoms with E-state index in [-0.39, 0.29) is 22.9 Å². The summed E-state index contributed by atoms with van der Waals surface area (Å²) in [7, 11) is 0. The van der Waals surface area contributed by atoms with Crippen LogP contribution in [0.3, 0.4) is 0 Å². The molecule has 0 aliphatic rings. The van der Waals surface area contributed by atoms with Crippen LogP contribution in [-0.4, -0.2) is 19.4 Å². The van der Waals surface area contributed by atoms with Crippen LogP contribution in [0, 0.1) is 20.2 Å². The Balaban J connectivity index is 1.96. The lowest BCUT2D eigenvalue weighted by Crippen LogP contribution is -2.23. The van der Waals surface area contributed by atoms with Gasteiger partial charge >= 0.3 is 0 Å². The highest BCUT2D eigenvalue weighted by Crippen LogP contribution is 2.24. The van der Waals surface area contributed by atoms with Gasteiger partial charge < -0.3 is 0 Å². The van der Waals surface area contributed by atoms with Crippen LogP contribution in [0.1, 0.15) is 11.4 Å². The first kappa shape index (κ1) is 19.6. The Labute approximate surface area is 174 Å². The van der Waals surface area contributed by atoms with Gasteiger partial charge in [-0.1, -0.05) is 42.5 Å². The molecule has 0 bridgehead atoms. The SMILES string of the molecule is O=c1c2ccccc2nc(C=Cc2cccc([N+](=O)[O-])c2)n1-c1ccccc1[N+](=O)[O-]. The van der Waals surface area contributed by atoms with Crippen molar-refractivity contribution in [1.29, 1.82) is 0 Å². The number of hydrogen-bond donors (Lipinski definition) is 0. The first-order valence-electron chi connectivity index (χ1n) is 9.14. The van der Waals surface area contributed by atoms with Crippen molar-refractivity contribution >= 4 is 34.4 Å². The third-order valence-electron chi connectivity index (χ3n) is 4.63. The highest BCUT2D eigenvalue weighted by Gasteiger charge is 2.19. The van der Waals surface area contributed by atoms with E-state index >= 15 is 0 Å². The number of fused-ring (bicyclic) bond motifs is 1. The van der Waals surface area contributed by atoms with Crippen LogP contribution < -0.4 is 5.56 Å². The molecule has 0 aliphatic heterocycles. The Morgan fingerprint density at radius 1 is 0.839 bits per heavy atom.